The number of unbranched alkanes of at least 4 members (excludes halogenated alkanes) is 3. The van der Waals surface area contributed by atoms with Crippen molar-refractivity contribution in [2.24, 2.45) is 0 Å². The Bertz CT molecular complexity index is 360. The molecular formula is C11H19FO4S. The molecule has 6 heteroatoms. The van der Waals surface area contributed by atoms with Gasteiger partial charge in [-0.3, -0.25) is 4.79 Å². The highest BCUT2D eigenvalue weighted by Gasteiger charge is 2.16. The Morgan fingerprint density at radius 1 is 1.29 bits per heavy atom. The van der Waals surface area contributed by atoms with Crippen LogP contribution in [-0.2, 0) is 19.4 Å². The lowest BCUT2D eigenvalue weighted by Gasteiger charge is -2.02. The van der Waals surface area contributed by atoms with Crippen LogP contribution in [-0.4, -0.2) is 26.7 Å². The summed E-state index contributed by atoms with van der Waals surface area (Å²) in [6.07, 6.45) is 3.92. The van der Waals surface area contributed by atoms with Crippen molar-refractivity contribution in [3.05, 3.63) is 11.2 Å². The van der Waals surface area contributed by atoms with Gasteiger partial charge < -0.3 is 4.74 Å². The number of rotatable bonds is 8. The molecule has 0 aromatic carbocycles. The molecule has 100 valence electrons. The van der Waals surface area contributed by atoms with E-state index in [0.29, 0.717) is 6.42 Å². The molecule has 0 aromatic heterocycles. The molecule has 0 spiro atoms. The summed E-state index contributed by atoms with van der Waals surface area (Å²) >= 11 is 0. The van der Waals surface area contributed by atoms with Crippen molar-refractivity contribution in [1.82, 2.24) is 0 Å². The van der Waals surface area contributed by atoms with E-state index in [4.69, 9.17) is 0 Å². The highest BCUT2D eigenvalue weighted by Crippen LogP contribution is 2.12. The van der Waals surface area contributed by atoms with Crippen molar-refractivity contribution in [3.63, 3.8) is 0 Å². The normalized spacial score (nSPS) is 12.5. The topological polar surface area (TPSA) is 60.4 Å². The number of ether oxygens (including phenoxy) is 1. The molecule has 0 bridgehead atoms. The fraction of sp³-hybridized carbons (Fsp3) is 0.727. The third kappa shape index (κ3) is 7.90. The first kappa shape index (κ1) is 16.1. The van der Waals surface area contributed by atoms with E-state index in [2.05, 4.69) is 4.74 Å². The van der Waals surface area contributed by atoms with Crippen LogP contribution in [0.1, 0.15) is 39.5 Å². The summed E-state index contributed by atoms with van der Waals surface area (Å²) in [6, 6.07) is 0. The summed E-state index contributed by atoms with van der Waals surface area (Å²) < 4.78 is 40.4. The first-order valence-corrected chi connectivity index (χ1v) is 7.27. The van der Waals surface area contributed by atoms with Crippen molar-refractivity contribution >= 4 is 15.8 Å². The summed E-state index contributed by atoms with van der Waals surface area (Å²) in [6.45, 7) is 2.83. The molecule has 0 aromatic rings. The van der Waals surface area contributed by atoms with Crippen LogP contribution in [0.2, 0.25) is 0 Å². The van der Waals surface area contributed by atoms with Gasteiger partial charge in [0.05, 0.1) is 5.75 Å². The van der Waals surface area contributed by atoms with Gasteiger partial charge in [0, 0.05) is 13.0 Å². The SMILES string of the molecule is CCCCCCS(=O)(=O)C(F)=CCOC(C)=O. The Hall–Kier alpha value is -0.910. The molecule has 0 aliphatic carbocycles. The molecule has 0 saturated heterocycles. The molecule has 0 heterocycles. The molecule has 0 amide bonds. The highest BCUT2D eigenvalue weighted by atomic mass is 32.2. The Kier molecular flexibility index (Phi) is 7.78. The Labute approximate surface area is 102 Å². The largest absolute Gasteiger partial charge is 0.461 e. The van der Waals surface area contributed by atoms with Crippen molar-refractivity contribution in [2.75, 3.05) is 12.4 Å². The smallest absolute Gasteiger partial charge is 0.302 e. The van der Waals surface area contributed by atoms with Gasteiger partial charge in [-0.1, -0.05) is 26.2 Å². The van der Waals surface area contributed by atoms with Crippen LogP contribution in [0.5, 0.6) is 0 Å². The zero-order chi connectivity index (χ0) is 13.3. The summed E-state index contributed by atoms with van der Waals surface area (Å²) in [5, 5.41) is -1.21. The van der Waals surface area contributed by atoms with Crippen LogP contribution in [0.3, 0.4) is 0 Å². The van der Waals surface area contributed by atoms with Crippen LogP contribution in [0, 0.1) is 0 Å². The van der Waals surface area contributed by atoms with Crippen LogP contribution in [0.4, 0.5) is 4.39 Å². The van der Waals surface area contributed by atoms with E-state index in [9.17, 15) is 17.6 Å². The second-order valence-electron chi connectivity index (χ2n) is 3.69. The third-order valence-corrected chi connectivity index (χ3v) is 3.68. The monoisotopic (exact) mass is 266 g/mol. The molecule has 0 radical (unpaired) electrons. The summed E-state index contributed by atoms with van der Waals surface area (Å²) in [5.74, 6) is -0.774. The zero-order valence-corrected chi connectivity index (χ0v) is 11.1. The van der Waals surface area contributed by atoms with Gasteiger partial charge in [-0.25, -0.2) is 8.42 Å². The molecule has 0 aliphatic heterocycles. The van der Waals surface area contributed by atoms with Gasteiger partial charge in [-0.05, 0) is 6.42 Å². The number of halogens is 1. The van der Waals surface area contributed by atoms with E-state index < -0.39 is 21.0 Å². The lowest BCUT2D eigenvalue weighted by molar-refractivity contribution is -0.139. The third-order valence-electron chi connectivity index (χ3n) is 2.09. The van der Waals surface area contributed by atoms with E-state index in [1.807, 2.05) is 6.92 Å². The Balaban J connectivity index is 4.15. The molecule has 0 atom stereocenters. The van der Waals surface area contributed by atoms with Gasteiger partial charge in [0.15, 0.2) is 0 Å². The van der Waals surface area contributed by atoms with Gasteiger partial charge in [0.1, 0.15) is 6.61 Å². The predicted molar refractivity (Wildman–Crippen MR) is 63.8 cm³/mol. The fourth-order valence-corrected chi connectivity index (χ4v) is 2.27. The Morgan fingerprint density at radius 3 is 2.47 bits per heavy atom. The molecule has 0 rings (SSSR count). The first-order valence-electron chi connectivity index (χ1n) is 5.62. The maximum Gasteiger partial charge on any atom is 0.302 e. The van der Waals surface area contributed by atoms with Gasteiger partial charge >= 0.3 is 5.97 Å². The Morgan fingerprint density at radius 2 is 1.94 bits per heavy atom. The van der Waals surface area contributed by atoms with E-state index in [1.165, 1.54) is 6.92 Å². The molecule has 0 N–H and O–H groups in total. The fourth-order valence-electron chi connectivity index (χ4n) is 1.17. The summed E-state index contributed by atoms with van der Waals surface area (Å²) in [4.78, 5) is 10.4. The number of sulfone groups is 1. The maximum absolute atomic E-state index is 13.2. The number of hydrogen-bond donors (Lipinski definition) is 0. The highest BCUT2D eigenvalue weighted by molar-refractivity contribution is 7.95. The van der Waals surface area contributed by atoms with Gasteiger partial charge in [-0.2, -0.15) is 4.39 Å². The van der Waals surface area contributed by atoms with E-state index in [1.54, 1.807) is 0 Å². The lowest BCUT2D eigenvalue weighted by Crippen LogP contribution is -2.08. The van der Waals surface area contributed by atoms with Crippen molar-refractivity contribution in [3.8, 4) is 0 Å². The van der Waals surface area contributed by atoms with Gasteiger partial charge in [-0.15, -0.1) is 0 Å². The molecule has 4 nitrogen and oxygen atoms in total. The van der Waals surface area contributed by atoms with Crippen LogP contribution < -0.4 is 0 Å². The standard InChI is InChI=1S/C11H19FO4S/c1-3-4-5-6-9-17(14,15)11(12)7-8-16-10(2)13/h7H,3-6,8-9H2,1-2H3. The van der Waals surface area contributed by atoms with Crippen LogP contribution >= 0.6 is 0 Å². The van der Waals surface area contributed by atoms with E-state index in [-0.39, 0.29) is 12.4 Å². The van der Waals surface area contributed by atoms with Crippen LogP contribution in [0.15, 0.2) is 11.2 Å². The van der Waals surface area contributed by atoms with Crippen molar-refractivity contribution in [2.45, 2.75) is 39.5 Å². The van der Waals surface area contributed by atoms with Crippen LogP contribution in [0.25, 0.3) is 0 Å². The second kappa shape index (κ2) is 8.22. The molecular weight excluding hydrogens is 247 g/mol. The van der Waals surface area contributed by atoms with Crippen molar-refractivity contribution in [1.29, 1.82) is 0 Å². The molecule has 0 fully saturated rings. The van der Waals surface area contributed by atoms with Crippen molar-refractivity contribution < 1.29 is 22.3 Å². The van der Waals surface area contributed by atoms with E-state index in [0.717, 1.165) is 25.3 Å². The minimum atomic E-state index is -3.84. The average molecular weight is 266 g/mol. The zero-order valence-electron chi connectivity index (χ0n) is 10.2. The quantitative estimate of drug-likeness (QED) is 0.500. The van der Waals surface area contributed by atoms with Gasteiger partial charge in [0.25, 0.3) is 0 Å². The molecule has 0 saturated carbocycles. The number of esters is 1. The maximum atomic E-state index is 13.2. The number of hydrogen-bond acceptors (Lipinski definition) is 4. The number of carbonyl (C=O) groups excluding carboxylic acids is 1. The molecule has 0 aliphatic rings. The summed E-state index contributed by atoms with van der Waals surface area (Å²) in [7, 11) is -3.84. The second-order valence-corrected chi connectivity index (χ2v) is 5.72. The predicted octanol–water partition coefficient (Wildman–Crippen LogP) is 2.36. The minimum absolute atomic E-state index is 0.199. The minimum Gasteiger partial charge on any atom is -0.461 e. The first-order chi connectivity index (χ1) is 7.90. The molecule has 0 unspecified atom stereocenters. The average Bonchev–Trinajstić information content (AvgIpc) is 2.23. The van der Waals surface area contributed by atoms with Gasteiger partial charge in [0.2, 0.25) is 15.0 Å². The molecule has 17 heavy (non-hydrogen) atoms. The lowest BCUT2D eigenvalue weighted by atomic mass is 10.2. The summed E-state index contributed by atoms with van der Waals surface area (Å²) in [5.41, 5.74) is 0. The van der Waals surface area contributed by atoms with E-state index >= 15 is 0 Å². The number of carbonyl (C=O) groups is 1.